The number of hydrogen-bond donors (Lipinski definition) is 2. The molecule has 1 saturated heterocycles. The fourth-order valence-electron chi connectivity index (χ4n) is 2.09. The molecular weight excluding hydrogens is 202 g/mol. The van der Waals surface area contributed by atoms with Crippen LogP contribution in [-0.4, -0.2) is 48.6 Å². The van der Waals surface area contributed by atoms with E-state index in [1.165, 1.54) is 0 Å². The Morgan fingerprint density at radius 1 is 1.50 bits per heavy atom. The molecule has 1 heterocycles. The van der Waals surface area contributed by atoms with Gasteiger partial charge < -0.3 is 10.6 Å². The number of hydrogen-bond acceptors (Lipinski definition) is 3. The summed E-state index contributed by atoms with van der Waals surface area (Å²) in [6.45, 7) is 11.7. The Kier molecular flexibility index (Phi) is 4.74. The molecule has 0 saturated carbocycles. The van der Waals surface area contributed by atoms with Crippen molar-refractivity contribution in [1.82, 2.24) is 15.5 Å². The van der Waals surface area contributed by atoms with Crippen molar-refractivity contribution >= 4 is 5.91 Å². The van der Waals surface area contributed by atoms with Gasteiger partial charge in [0.05, 0.1) is 6.54 Å². The maximum absolute atomic E-state index is 11.8. The minimum atomic E-state index is -0.135. The zero-order chi connectivity index (χ0) is 12.2. The maximum atomic E-state index is 11.8. The Morgan fingerprint density at radius 2 is 2.19 bits per heavy atom. The lowest BCUT2D eigenvalue weighted by molar-refractivity contribution is -0.124. The van der Waals surface area contributed by atoms with Gasteiger partial charge in [-0.1, -0.05) is 6.92 Å². The Balaban J connectivity index is 2.40. The van der Waals surface area contributed by atoms with Crippen LogP contribution in [0.2, 0.25) is 0 Å². The first kappa shape index (κ1) is 13.5. The third kappa shape index (κ3) is 4.49. The van der Waals surface area contributed by atoms with Crippen molar-refractivity contribution in [3.63, 3.8) is 0 Å². The van der Waals surface area contributed by atoms with Crippen LogP contribution < -0.4 is 10.6 Å². The van der Waals surface area contributed by atoms with Crippen molar-refractivity contribution < 1.29 is 4.79 Å². The van der Waals surface area contributed by atoms with Crippen LogP contribution in [-0.2, 0) is 4.79 Å². The maximum Gasteiger partial charge on any atom is 0.234 e. The minimum Gasteiger partial charge on any atom is -0.350 e. The molecule has 1 fully saturated rings. The average molecular weight is 227 g/mol. The lowest BCUT2D eigenvalue weighted by atomic mass is 10.1. The van der Waals surface area contributed by atoms with Crippen molar-refractivity contribution in [1.29, 1.82) is 0 Å². The highest BCUT2D eigenvalue weighted by Crippen LogP contribution is 2.08. The molecule has 16 heavy (non-hydrogen) atoms. The largest absolute Gasteiger partial charge is 0.350 e. The van der Waals surface area contributed by atoms with Crippen LogP contribution in [0.1, 0.15) is 34.1 Å². The number of nitrogens with one attached hydrogen (secondary N) is 2. The second-order valence-electron chi connectivity index (χ2n) is 5.51. The summed E-state index contributed by atoms with van der Waals surface area (Å²) in [6.07, 6.45) is 1.15. The molecule has 1 unspecified atom stereocenters. The normalized spacial score (nSPS) is 21.4. The summed E-state index contributed by atoms with van der Waals surface area (Å²) in [6, 6.07) is 0.524. The average Bonchev–Trinajstić information content (AvgIpc) is 2.63. The molecule has 0 aliphatic carbocycles. The highest BCUT2D eigenvalue weighted by molar-refractivity contribution is 5.78. The standard InChI is InChI=1S/C12H25N3O/c1-5-15(10-6-7-13-8-10)9-11(16)14-12(2,3)4/h10,13H,5-9H2,1-4H3,(H,14,16). The van der Waals surface area contributed by atoms with Gasteiger partial charge in [0.1, 0.15) is 0 Å². The van der Waals surface area contributed by atoms with Crippen LogP contribution in [0.15, 0.2) is 0 Å². The quantitative estimate of drug-likeness (QED) is 0.738. The Labute approximate surface area is 98.8 Å². The van der Waals surface area contributed by atoms with Crippen molar-refractivity contribution in [2.24, 2.45) is 0 Å². The van der Waals surface area contributed by atoms with Gasteiger partial charge >= 0.3 is 0 Å². The Bertz CT molecular complexity index is 229. The summed E-state index contributed by atoms with van der Waals surface area (Å²) in [5.74, 6) is 0.126. The van der Waals surface area contributed by atoms with Gasteiger partial charge in [0.15, 0.2) is 0 Å². The number of carbonyl (C=O) groups is 1. The molecule has 0 bridgehead atoms. The lowest BCUT2D eigenvalue weighted by Gasteiger charge is -2.28. The fraction of sp³-hybridized carbons (Fsp3) is 0.917. The number of amides is 1. The van der Waals surface area contributed by atoms with E-state index in [2.05, 4.69) is 22.5 Å². The van der Waals surface area contributed by atoms with Gasteiger partial charge in [0.2, 0.25) is 5.91 Å². The van der Waals surface area contributed by atoms with Gasteiger partial charge in [0.25, 0.3) is 0 Å². The van der Waals surface area contributed by atoms with E-state index in [0.29, 0.717) is 12.6 Å². The third-order valence-electron chi connectivity index (χ3n) is 2.82. The zero-order valence-corrected chi connectivity index (χ0v) is 11.0. The molecule has 1 rings (SSSR count). The first-order chi connectivity index (χ1) is 7.42. The molecular formula is C12H25N3O. The second-order valence-corrected chi connectivity index (χ2v) is 5.51. The van der Waals surface area contributed by atoms with E-state index in [1.54, 1.807) is 0 Å². The monoisotopic (exact) mass is 227 g/mol. The van der Waals surface area contributed by atoms with Crippen LogP contribution in [0, 0.1) is 0 Å². The summed E-state index contributed by atoms with van der Waals surface area (Å²) < 4.78 is 0. The van der Waals surface area contributed by atoms with Gasteiger partial charge in [-0.25, -0.2) is 0 Å². The van der Waals surface area contributed by atoms with E-state index in [9.17, 15) is 4.79 Å². The summed E-state index contributed by atoms with van der Waals surface area (Å²) >= 11 is 0. The van der Waals surface area contributed by atoms with Crippen LogP contribution in [0.4, 0.5) is 0 Å². The van der Waals surface area contributed by atoms with Gasteiger partial charge in [0, 0.05) is 18.1 Å². The lowest BCUT2D eigenvalue weighted by Crippen LogP contribution is -2.48. The molecule has 2 N–H and O–H groups in total. The van der Waals surface area contributed by atoms with Crippen LogP contribution >= 0.6 is 0 Å². The highest BCUT2D eigenvalue weighted by atomic mass is 16.2. The Hall–Kier alpha value is -0.610. The molecule has 1 aliphatic heterocycles. The topological polar surface area (TPSA) is 44.4 Å². The first-order valence-corrected chi connectivity index (χ1v) is 6.18. The molecule has 1 atom stereocenters. The van der Waals surface area contributed by atoms with Gasteiger partial charge in [-0.2, -0.15) is 0 Å². The molecule has 0 aromatic rings. The Morgan fingerprint density at radius 3 is 2.62 bits per heavy atom. The molecule has 94 valence electrons. The predicted octanol–water partition coefficient (Wildman–Crippen LogP) is 0.585. The van der Waals surface area contributed by atoms with E-state index in [1.807, 2.05) is 20.8 Å². The van der Waals surface area contributed by atoms with Gasteiger partial charge in [-0.3, -0.25) is 9.69 Å². The molecule has 0 aromatic carbocycles. The third-order valence-corrected chi connectivity index (χ3v) is 2.82. The number of carbonyl (C=O) groups excluding carboxylic acids is 1. The minimum absolute atomic E-state index is 0.126. The molecule has 4 heteroatoms. The number of rotatable bonds is 4. The zero-order valence-electron chi connectivity index (χ0n) is 11.0. The second kappa shape index (κ2) is 5.64. The molecule has 4 nitrogen and oxygen atoms in total. The van der Waals surface area contributed by atoms with Crippen LogP contribution in [0.25, 0.3) is 0 Å². The molecule has 0 spiro atoms. The molecule has 0 aromatic heterocycles. The van der Waals surface area contributed by atoms with Crippen molar-refractivity contribution in [3.05, 3.63) is 0 Å². The van der Waals surface area contributed by atoms with Crippen LogP contribution in [0.5, 0.6) is 0 Å². The summed E-state index contributed by atoms with van der Waals surface area (Å²) in [4.78, 5) is 14.1. The SMILES string of the molecule is CCN(CC(=O)NC(C)(C)C)C1CCNC1. The van der Waals surface area contributed by atoms with Gasteiger partial charge in [-0.05, 0) is 40.3 Å². The van der Waals surface area contributed by atoms with Crippen molar-refractivity contribution in [2.75, 3.05) is 26.2 Å². The van der Waals surface area contributed by atoms with E-state index < -0.39 is 0 Å². The van der Waals surface area contributed by atoms with Crippen molar-refractivity contribution in [2.45, 2.75) is 45.7 Å². The van der Waals surface area contributed by atoms with Crippen molar-refractivity contribution in [3.8, 4) is 0 Å². The highest BCUT2D eigenvalue weighted by Gasteiger charge is 2.24. The molecule has 1 aliphatic rings. The fourth-order valence-corrected chi connectivity index (χ4v) is 2.09. The van der Waals surface area contributed by atoms with Crippen LogP contribution in [0.3, 0.4) is 0 Å². The van der Waals surface area contributed by atoms with E-state index in [0.717, 1.165) is 26.1 Å². The van der Waals surface area contributed by atoms with E-state index >= 15 is 0 Å². The predicted molar refractivity (Wildman–Crippen MR) is 66.4 cm³/mol. The summed E-state index contributed by atoms with van der Waals surface area (Å²) in [5, 5.41) is 6.34. The first-order valence-electron chi connectivity index (χ1n) is 6.18. The summed E-state index contributed by atoms with van der Waals surface area (Å²) in [5.41, 5.74) is -0.135. The molecule has 0 radical (unpaired) electrons. The summed E-state index contributed by atoms with van der Waals surface area (Å²) in [7, 11) is 0. The smallest absolute Gasteiger partial charge is 0.234 e. The number of nitrogens with zero attached hydrogens (tertiary/aromatic N) is 1. The van der Waals surface area contributed by atoms with Gasteiger partial charge in [-0.15, -0.1) is 0 Å². The van der Waals surface area contributed by atoms with E-state index in [-0.39, 0.29) is 11.4 Å². The molecule has 1 amide bonds. The number of likely N-dealkylation sites (N-methyl/N-ethyl adjacent to an activating group) is 1. The van der Waals surface area contributed by atoms with E-state index in [4.69, 9.17) is 0 Å².